The van der Waals surface area contributed by atoms with Gasteiger partial charge in [0.05, 0.1) is 24.8 Å². The van der Waals surface area contributed by atoms with Crippen molar-refractivity contribution in [2.45, 2.75) is 46.8 Å². The lowest BCUT2D eigenvalue weighted by Gasteiger charge is -2.29. The van der Waals surface area contributed by atoms with E-state index < -0.39 is 0 Å². The minimum Gasteiger partial charge on any atom is -0.294 e. The summed E-state index contributed by atoms with van der Waals surface area (Å²) in [7, 11) is 1.67. The summed E-state index contributed by atoms with van der Waals surface area (Å²) in [5.74, 6) is 0.565. The van der Waals surface area contributed by atoms with Crippen LogP contribution in [0.25, 0.3) is 11.2 Å². The van der Waals surface area contributed by atoms with Gasteiger partial charge in [-0.05, 0) is 38.8 Å². The van der Waals surface area contributed by atoms with Crippen LogP contribution in [0.15, 0.2) is 63.2 Å². The Labute approximate surface area is 197 Å². The molecule has 0 radical (unpaired) electrons. The first-order valence-electron chi connectivity index (χ1n) is 11.4. The van der Waals surface area contributed by atoms with Gasteiger partial charge in [0, 0.05) is 7.05 Å². The van der Waals surface area contributed by atoms with E-state index in [2.05, 4.69) is 19.1 Å². The Kier molecular flexibility index (Phi) is 5.23. The fraction of sp³-hybridized carbons (Fsp3) is 0.308. The van der Waals surface area contributed by atoms with Crippen molar-refractivity contribution in [1.29, 1.82) is 0 Å². The molecule has 8 heteroatoms. The van der Waals surface area contributed by atoms with Crippen molar-refractivity contribution in [2.24, 2.45) is 12.1 Å². The molecule has 0 unspecified atom stereocenters. The first-order valence-corrected chi connectivity index (χ1v) is 11.4. The number of aromatic nitrogens is 4. The third-order valence-corrected chi connectivity index (χ3v) is 6.50. The normalized spacial score (nSPS) is 15.5. The molecule has 4 aromatic rings. The van der Waals surface area contributed by atoms with Gasteiger partial charge in [0.1, 0.15) is 0 Å². The van der Waals surface area contributed by atoms with E-state index in [9.17, 15) is 9.59 Å². The molecule has 8 nitrogen and oxygen atoms in total. The van der Waals surface area contributed by atoms with Gasteiger partial charge in [0.25, 0.3) is 5.56 Å². The number of benzene rings is 2. The number of nitrogens with zero attached hydrogens (tertiary/aromatic N) is 6. The van der Waals surface area contributed by atoms with Gasteiger partial charge in [0.15, 0.2) is 11.2 Å². The monoisotopic (exact) mass is 456 g/mol. The molecule has 34 heavy (non-hydrogen) atoms. The summed E-state index contributed by atoms with van der Waals surface area (Å²) in [6.45, 7) is 8.73. The van der Waals surface area contributed by atoms with Crippen LogP contribution in [0.5, 0.6) is 0 Å². The van der Waals surface area contributed by atoms with Gasteiger partial charge in [-0.2, -0.15) is 10.1 Å². The molecule has 2 aromatic carbocycles. The average molecular weight is 457 g/mol. The third-order valence-electron chi connectivity index (χ3n) is 6.50. The van der Waals surface area contributed by atoms with Gasteiger partial charge in [-0.1, -0.05) is 59.7 Å². The molecule has 1 atom stereocenters. The number of hydrogen-bond acceptors (Lipinski definition) is 5. The van der Waals surface area contributed by atoms with Crippen molar-refractivity contribution in [2.75, 3.05) is 5.01 Å². The molecule has 0 bridgehead atoms. The molecule has 0 fully saturated rings. The maximum atomic E-state index is 13.7. The van der Waals surface area contributed by atoms with Crippen molar-refractivity contribution in [3.05, 3.63) is 91.6 Å². The highest BCUT2D eigenvalue weighted by Gasteiger charge is 2.30. The minimum atomic E-state index is -0.384. The first kappa shape index (κ1) is 21.9. The van der Waals surface area contributed by atoms with E-state index in [0.717, 1.165) is 22.4 Å². The molecule has 5 rings (SSSR count). The SMILES string of the molecule is CC1=NN(Cc2cccc(C)c2)c2nc3c(c(=O)n(Cc4cccc(C)c4)c(=O)n3C)n2[C@H]1C. The van der Waals surface area contributed by atoms with Gasteiger partial charge < -0.3 is 0 Å². The van der Waals surface area contributed by atoms with Crippen molar-refractivity contribution in [1.82, 2.24) is 18.7 Å². The van der Waals surface area contributed by atoms with Crippen molar-refractivity contribution in [3.8, 4) is 0 Å². The molecule has 0 N–H and O–H groups in total. The second kappa shape index (κ2) is 8.13. The van der Waals surface area contributed by atoms with E-state index in [0.29, 0.717) is 23.7 Å². The summed E-state index contributed by atoms with van der Waals surface area (Å²) in [6.07, 6.45) is 0. The molecule has 0 aliphatic carbocycles. The number of hydrazone groups is 1. The molecular weight excluding hydrogens is 428 g/mol. The van der Waals surface area contributed by atoms with Crippen LogP contribution in [0, 0.1) is 13.8 Å². The van der Waals surface area contributed by atoms with Crippen LogP contribution in [0.1, 0.15) is 42.1 Å². The number of rotatable bonds is 4. The maximum absolute atomic E-state index is 13.7. The smallest absolute Gasteiger partial charge is 0.294 e. The molecule has 174 valence electrons. The van der Waals surface area contributed by atoms with Gasteiger partial charge in [0.2, 0.25) is 5.95 Å². The van der Waals surface area contributed by atoms with Gasteiger partial charge in [-0.15, -0.1) is 0 Å². The molecule has 1 aliphatic heterocycles. The molecular formula is C26H28N6O2. The number of fused-ring (bicyclic) bond motifs is 3. The third kappa shape index (κ3) is 3.55. The van der Waals surface area contributed by atoms with E-state index >= 15 is 0 Å². The number of imidazole rings is 1. The topological polar surface area (TPSA) is 77.4 Å². The fourth-order valence-electron chi connectivity index (χ4n) is 4.60. The second-order valence-electron chi connectivity index (χ2n) is 9.14. The minimum absolute atomic E-state index is 0.161. The number of anilines is 1. The highest BCUT2D eigenvalue weighted by molar-refractivity contribution is 5.91. The first-order chi connectivity index (χ1) is 16.2. The Balaban J connectivity index is 1.69. The van der Waals surface area contributed by atoms with Crippen LogP contribution in [-0.4, -0.2) is 24.4 Å². The van der Waals surface area contributed by atoms with Crippen molar-refractivity contribution >= 4 is 22.8 Å². The predicted octanol–water partition coefficient (Wildman–Crippen LogP) is 3.52. The van der Waals surface area contributed by atoms with Crippen molar-refractivity contribution in [3.63, 3.8) is 0 Å². The van der Waals surface area contributed by atoms with Crippen LogP contribution in [0.2, 0.25) is 0 Å². The summed E-state index contributed by atoms with van der Waals surface area (Å²) in [6, 6.07) is 15.9. The van der Waals surface area contributed by atoms with Gasteiger partial charge in [-0.25, -0.2) is 9.80 Å². The largest absolute Gasteiger partial charge is 0.332 e. The number of hydrogen-bond donors (Lipinski definition) is 0. The van der Waals surface area contributed by atoms with Crippen LogP contribution in [0.4, 0.5) is 5.95 Å². The Morgan fingerprint density at radius 2 is 1.53 bits per heavy atom. The molecule has 3 heterocycles. The maximum Gasteiger partial charge on any atom is 0.332 e. The summed E-state index contributed by atoms with van der Waals surface area (Å²) in [4.78, 5) is 31.7. The summed E-state index contributed by atoms with van der Waals surface area (Å²) in [5.41, 5.74) is 5.19. The highest BCUT2D eigenvalue weighted by Crippen LogP contribution is 2.31. The lowest BCUT2D eigenvalue weighted by Crippen LogP contribution is -2.40. The molecule has 0 saturated heterocycles. The standard InChI is InChI=1S/C26H28N6O2/c1-16-8-6-10-20(12-16)14-30-24(33)22-23(29(5)26(30)34)27-25-31(28-18(3)19(4)32(22)25)15-21-11-7-9-17(2)13-21/h6-13,19H,14-15H2,1-5H3/t19-/m0/s1. The summed E-state index contributed by atoms with van der Waals surface area (Å²) >= 11 is 0. The quantitative estimate of drug-likeness (QED) is 0.471. The van der Waals surface area contributed by atoms with Crippen LogP contribution >= 0.6 is 0 Å². The van der Waals surface area contributed by atoms with E-state index in [-0.39, 0.29) is 23.8 Å². The van der Waals surface area contributed by atoms with Crippen LogP contribution < -0.4 is 16.3 Å². The van der Waals surface area contributed by atoms with E-state index in [1.54, 1.807) is 7.05 Å². The van der Waals surface area contributed by atoms with E-state index in [1.807, 2.05) is 66.7 Å². The zero-order chi connectivity index (χ0) is 24.1. The average Bonchev–Trinajstić information content (AvgIpc) is 3.20. The van der Waals surface area contributed by atoms with E-state index in [1.165, 1.54) is 14.7 Å². The zero-order valence-electron chi connectivity index (χ0n) is 20.1. The molecule has 2 aromatic heterocycles. The Morgan fingerprint density at radius 3 is 2.15 bits per heavy atom. The molecule has 0 amide bonds. The summed E-state index contributed by atoms with van der Waals surface area (Å²) < 4.78 is 4.68. The van der Waals surface area contributed by atoms with Gasteiger partial charge >= 0.3 is 5.69 Å². The fourth-order valence-corrected chi connectivity index (χ4v) is 4.60. The Morgan fingerprint density at radius 1 is 0.912 bits per heavy atom. The van der Waals surface area contributed by atoms with Crippen LogP contribution in [-0.2, 0) is 20.1 Å². The predicted molar refractivity (Wildman–Crippen MR) is 135 cm³/mol. The number of aryl methyl sites for hydroxylation is 3. The lowest BCUT2D eigenvalue weighted by atomic mass is 10.1. The van der Waals surface area contributed by atoms with Crippen LogP contribution in [0.3, 0.4) is 0 Å². The molecule has 0 saturated carbocycles. The van der Waals surface area contributed by atoms with E-state index in [4.69, 9.17) is 10.1 Å². The summed E-state index contributed by atoms with van der Waals surface area (Å²) in [5, 5.41) is 6.60. The Hall–Kier alpha value is -3.94. The molecule has 0 spiro atoms. The highest BCUT2D eigenvalue weighted by atomic mass is 16.2. The Bertz CT molecular complexity index is 1570. The lowest BCUT2D eigenvalue weighted by molar-refractivity contribution is 0.626. The molecule has 1 aliphatic rings. The van der Waals surface area contributed by atoms with Crippen molar-refractivity contribution < 1.29 is 0 Å². The second-order valence-corrected chi connectivity index (χ2v) is 9.14. The zero-order valence-corrected chi connectivity index (χ0v) is 20.1. The van der Waals surface area contributed by atoms with Gasteiger partial charge in [-0.3, -0.25) is 18.5 Å².